The van der Waals surface area contributed by atoms with Gasteiger partial charge in [0.2, 0.25) is 5.88 Å². The Morgan fingerprint density at radius 2 is 2.11 bits per heavy atom. The molecule has 3 aromatic rings. The van der Waals surface area contributed by atoms with Crippen LogP contribution >= 0.6 is 0 Å². The Balaban J connectivity index is 1.77. The van der Waals surface area contributed by atoms with E-state index in [4.69, 9.17) is 14.2 Å². The Bertz CT molecular complexity index is 980. The molecule has 6 nitrogen and oxygen atoms in total. The topological polar surface area (TPSA) is 69.3 Å². The summed E-state index contributed by atoms with van der Waals surface area (Å²) in [6, 6.07) is 9.50. The van der Waals surface area contributed by atoms with E-state index in [1.165, 1.54) is 0 Å². The van der Waals surface area contributed by atoms with Crippen LogP contribution in [0.2, 0.25) is 0 Å². The summed E-state index contributed by atoms with van der Waals surface area (Å²) in [6.07, 6.45) is 0.916. The van der Waals surface area contributed by atoms with Crippen LogP contribution in [0.15, 0.2) is 30.3 Å². The SMILES string of the molecule is COc1cccc(-c2cc3c(OC4(C(C)C)CCCOC4)nc(F)nc3[nH]2)c1. The molecular formula is C21H24FN3O3. The van der Waals surface area contributed by atoms with Gasteiger partial charge < -0.3 is 19.2 Å². The number of fused-ring (bicyclic) bond motifs is 1. The van der Waals surface area contributed by atoms with Crippen LogP contribution in [0.3, 0.4) is 0 Å². The number of methoxy groups -OCH3 is 1. The van der Waals surface area contributed by atoms with Gasteiger partial charge in [-0.2, -0.15) is 14.4 Å². The Kier molecular flexibility index (Phi) is 4.93. The fourth-order valence-corrected chi connectivity index (χ4v) is 3.62. The number of nitrogens with zero attached hydrogens (tertiary/aromatic N) is 2. The Hall–Kier alpha value is -2.67. The molecule has 7 heteroatoms. The summed E-state index contributed by atoms with van der Waals surface area (Å²) in [6.45, 7) is 5.35. The van der Waals surface area contributed by atoms with Crippen molar-refractivity contribution < 1.29 is 18.6 Å². The normalized spacial score (nSPS) is 19.9. The van der Waals surface area contributed by atoms with Crippen LogP contribution in [-0.2, 0) is 4.74 Å². The molecule has 0 bridgehead atoms. The number of H-pyrrole nitrogens is 1. The standard InChI is InChI=1S/C21H24FN3O3/c1-13(2)21(8-5-9-27-12-21)28-19-16-11-17(23-18(16)24-20(22)25-19)14-6-4-7-15(10-14)26-3/h4,6-7,10-11,13H,5,8-9,12H2,1-3H3,(H,23,24,25). The van der Waals surface area contributed by atoms with Gasteiger partial charge in [-0.1, -0.05) is 26.0 Å². The van der Waals surface area contributed by atoms with Crippen molar-refractivity contribution in [2.45, 2.75) is 32.3 Å². The molecule has 3 heterocycles. The first-order chi connectivity index (χ1) is 13.5. The van der Waals surface area contributed by atoms with E-state index in [1.54, 1.807) is 7.11 Å². The zero-order chi connectivity index (χ0) is 19.7. The van der Waals surface area contributed by atoms with Crippen molar-refractivity contribution in [3.05, 3.63) is 36.4 Å². The highest BCUT2D eigenvalue weighted by Crippen LogP contribution is 2.36. The fraction of sp³-hybridized carbons (Fsp3) is 0.429. The molecule has 1 aliphatic rings. The largest absolute Gasteiger partial charge is 0.497 e. The van der Waals surface area contributed by atoms with E-state index in [9.17, 15) is 4.39 Å². The number of ether oxygens (including phenoxy) is 3. The van der Waals surface area contributed by atoms with Gasteiger partial charge in [-0.05, 0) is 37.0 Å². The molecule has 1 saturated heterocycles. The van der Waals surface area contributed by atoms with Gasteiger partial charge in [0.15, 0.2) is 0 Å². The predicted octanol–water partition coefficient (Wildman–Crippen LogP) is 4.36. The van der Waals surface area contributed by atoms with E-state index in [0.29, 0.717) is 17.6 Å². The lowest BCUT2D eigenvalue weighted by molar-refractivity contribution is -0.0955. The van der Waals surface area contributed by atoms with Crippen LogP contribution in [0.5, 0.6) is 11.6 Å². The zero-order valence-electron chi connectivity index (χ0n) is 16.3. The van der Waals surface area contributed by atoms with E-state index in [0.717, 1.165) is 36.5 Å². The molecule has 1 fully saturated rings. The zero-order valence-corrected chi connectivity index (χ0v) is 16.3. The molecule has 2 aromatic heterocycles. The minimum Gasteiger partial charge on any atom is -0.497 e. The highest BCUT2D eigenvalue weighted by atomic mass is 19.1. The molecule has 0 amide bonds. The number of halogens is 1. The number of aromatic nitrogens is 3. The maximum atomic E-state index is 14.1. The summed E-state index contributed by atoms with van der Waals surface area (Å²) in [7, 11) is 1.62. The first kappa shape index (κ1) is 18.7. The van der Waals surface area contributed by atoms with E-state index in [-0.39, 0.29) is 11.8 Å². The van der Waals surface area contributed by atoms with E-state index < -0.39 is 11.7 Å². The summed E-state index contributed by atoms with van der Waals surface area (Å²) >= 11 is 0. The van der Waals surface area contributed by atoms with E-state index >= 15 is 0 Å². The molecule has 0 spiro atoms. The molecular weight excluding hydrogens is 361 g/mol. The predicted molar refractivity (Wildman–Crippen MR) is 104 cm³/mol. The molecule has 4 rings (SSSR count). The Morgan fingerprint density at radius 3 is 2.82 bits per heavy atom. The highest BCUT2D eigenvalue weighted by molar-refractivity contribution is 5.87. The minimum absolute atomic E-state index is 0.192. The van der Waals surface area contributed by atoms with Crippen LogP contribution < -0.4 is 9.47 Å². The third-order valence-corrected chi connectivity index (χ3v) is 5.39. The fourth-order valence-electron chi connectivity index (χ4n) is 3.62. The third kappa shape index (κ3) is 3.42. The van der Waals surface area contributed by atoms with Crippen LogP contribution in [0, 0.1) is 12.0 Å². The van der Waals surface area contributed by atoms with Crippen LogP contribution in [0.4, 0.5) is 4.39 Å². The van der Waals surface area contributed by atoms with Gasteiger partial charge in [0, 0.05) is 17.9 Å². The number of benzene rings is 1. The van der Waals surface area contributed by atoms with Crippen molar-refractivity contribution in [2.24, 2.45) is 5.92 Å². The molecule has 1 aromatic carbocycles. The number of hydrogen-bond donors (Lipinski definition) is 1. The van der Waals surface area contributed by atoms with Gasteiger partial charge in [-0.25, -0.2) is 0 Å². The number of rotatable bonds is 5. The summed E-state index contributed by atoms with van der Waals surface area (Å²) in [5, 5.41) is 0.643. The lowest BCUT2D eigenvalue weighted by atomic mass is 9.85. The van der Waals surface area contributed by atoms with Crippen molar-refractivity contribution in [1.29, 1.82) is 0 Å². The molecule has 0 saturated carbocycles. The van der Waals surface area contributed by atoms with Crippen molar-refractivity contribution in [3.8, 4) is 22.9 Å². The molecule has 148 valence electrons. The average molecular weight is 385 g/mol. The van der Waals surface area contributed by atoms with Gasteiger partial charge in [-0.15, -0.1) is 0 Å². The molecule has 1 atom stereocenters. The molecule has 1 N–H and O–H groups in total. The number of hydrogen-bond acceptors (Lipinski definition) is 5. The summed E-state index contributed by atoms with van der Waals surface area (Å²) < 4.78 is 31.4. The van der Waals surface area contributed by atoms with Crippen molar-refractivity contribution in [1.82, 2.24) is 15.0 Å². The second-order valence-corrected chi connectivity index (χ2v) is 7.45. The van der Waals surface area contributed by atoms with Crippen molar-refractivity contribution in [3.63, 3.8) is 0 Å². The summed E-state index contributed by atoms with van der Waals surface area (Å²) in [4.78, 5) is 11.0. The monoisotopic (exact) mass is 385 g/mol. The van der Waals surface area contributed by atoms with Crippen molar-refractivity contribution >= 4 is 11.0 Å². The minimum atomic E-state index is -0.822. The maximum Gasteiger partial charge on any atom is 0.313 e. The lowest BCUT2D eigenvalue weighted by Gasteiger charge is -2.40. The first-order valence-corrected chi connectivity index (χ1v) is 9.48. The van der Waals surface area contributed by atoms with E-state index in [2.05, 4.69) is 28.8 Å². The van der Waals surface area contributed by atoms with Gasteiger partial charge in [0.05, 0.1) is 19.1 Å². The van der Waals surface area contributed by atoms with Gasteiger partial charge >= 0.3 is 6.08 Å². The van der Waals surface area contributed by atoms with Crippen LogP contribution in [0.1, 0.15) is 26.7 Å². The van der Waals surface area contributed by atoms with E-state index in [1.807, 2.05) is 30.3 Å². The third-order valence-electron chi connectivity index (χ3n) is 5.39. The second kappa shape index (κ2) is 7.39. The summed E-state index contributed by atoms with van der Waals surface area (Å²) in [5.74, 6) is 1.17. The van der Waals surface area contributed by atoms with Crippen LogP contribution in [-0.4, -0.2) is 40.9 Å². The first-order valence-electron chi connectivity index (χ1n) is 9.48. The smallest absolute Gasteiger partial charge is 0.313 e. The average Bonchev–Trinajstić information content (AvgIpc) is 3.13. The Morgan fingerprint density at radius 1 is 1.25 bits per heavy atom. The Labute approximate surface area is 163 Å². The lowest BCUT2D eigenvalue weighted by Crippen LogP contribution is -2.49. The number of aromatic amines is 1. The van der Waals surface area contributed by atoms with Gasteiger partial charge in [0.25, 0.3) is 0 Å². The van der Waals surface area contributed by atoms with Crippen molar-refractivity contribution in [2.75, 3.05) is 20.3 Å². The molecule has 0 aliphatic carbocycles. The highest BCUT2D eigenvalue weighted by Gasteiger charge is 2.39. The number of nitrogens with one attached hydrogen (secondary N) is 1. The molecule has 0 radical (unpaired) electrons. The molecule has 28 heavy (non-hydrogen) atoms. The van der Waals surface area contributed by atoms with Gasteiger partial charge in [-0.3, -0.25) is 0 Å². The van der Waals surface area contributed by atoms with Crippen LogP contribution in [0.25, 0.3) is 22.3 Å². The van der Waals surface area contributed by atoms with Gasteiger partial charge in [0.1, 0.15) is 17.0 Å². The summed E-state index contributed by atoms with van der Waals surface area (Å²) in [5.41, 5.74) is 1.57. The quantitative estimate of drug-likeness (QED) is 0.661. The molecule has 1 unspecified atom stereocenters. The molecule has 1 aliphatic heterocycles. The maximum absolute atomic E-state index is 14.1. The second-order valence-electron chi connectivity index (χ2n) is 7.45.